The van der Waals surface area contributed by atoms with E-state index in [0.717, 1.165) is 24.4 Å². The molecule has 1 atom stereocenters. The summed E-state index contributed by atoms with van der Waals surface area (Å²) in [6.45, 7) is 6.06. The number of likely N-dealkylation sites (tertiary alicyclic amines) is 1. The van der Waals surface area contributed by atoms with Crippen LogP contribution in [-0.4, -0.2) is 34.4 Å². The molecule has 1 amide bonds. The first-order valence-electron chi connectivity index (χ1n) is 8.94. The van der Waals surface area contributed by atoms with Crippen LogP contribution in [0.25, 0.3) is 0 Å². The van der Waals surface area contributed by atoms with E-state index >= 15 is 0 Å². The number of halogens is 1. The van der Waals surface area contributed by atoms with Crippen LogP contribution in [0.1, 0.15) is 49.8 Å². The zero-order chi connectivity index (χ0) is 18.9. The maximum absolute atomic E-state index is 14.3. The van der Waals surface area contributed by atoms with E-state index in [1.165, 1.54) is 6.07 Å². The minimum Gasteiger partial charge on any atom is -0.373 e. The number of aromatic nitrogens is 2. The van der Waals surface area contributed by atoms with Gasteiger partial charge in [0, 0.05) is 25.2 Å². The Kier molecular flexibility index (Phi) is 4.94. The summed E-state index contributed by atoms with van der Waals surface area (Å²) < 4.78 is 14.3. The Morgan fingerprint density at radius 1 is 1.31 bits per heavy atom. The first-order valence-corrected chi connectivity index (χ1v) is 8.94. The fraction of sp³-hybridized carbons (Fsp3) is 0.450. The van der Waals surface area contributed by atoms with Crippen LogP contribution in [0.2, 0.25) is 0 Å². The van der Waals surface area contributed by atoms with E-state index in [1.807, 2.05) is 24.9 Å². The number of hydrogen-bond donors (Lipinski definition) is 1. The molecular formula is C20H25FN4O. The Bertz CT molecular complexity index is 821. The van der Waals surface area contributed by atoms with Crippen molar-refractivity contribution in [1.82, 2.24) is 14.9 Å². The first-order chi connectivity index (χ1) is 12.3. The zero-order valence-corrected chi connectivity index (χ0v) is 15.7. The van der Waals surface area contributed by atoms with Crippen LogP contribution in [0, 0.1) is 12.7 Å². The summed E-state index contributed by atoms with van der Waals surface area (Å²) in [5, 5.41) is 3.04. The lowest BCUT2D eigenvalue weighted by atomic mass is 9.82. The highest BCUT2D eigenvalue weighted by molar-refractivity contribution is 5.88. The molecule has 1 aromatic heterocycles. The molecule has 1 saturated heterocycles. The molecule has 1 aromatic carbocycles. The lowest BCUT2D eigenvalue weighted by Crippen LogP contribution is -2.43. The summed E-state index contributed by atoms with van der Waals surface area (Å²) in [5.74, 6) is 0.976. The molecule has 0 aliphatic carbocycles. The Morgan fingerprint density at radius 2 is 2.04 bits per heavy atom. The van der Waals surface area contributed by atoms with Crippen molar-refractivity contribution in [2.45, 2.75) is 45.1 Å². The van der Waals surface area contributed by atoms with Crippen molar-refractivity contribution < 1.29 is 9.18 Å². The highest BCUT2D eigenvalue weighted by Gasteiger charge is 2.41. The molecule has 5 nitrogen and oxygen atoms in total. The average molecular weight is 356 g/mol. The van der Waals surface area contributed by atoms with Crippen LogP contribution in [0.15, 0.2) is 30.3 Å². The molecule has 0 radical (unpaired) electrons. The Balaban J connectivity index is 1.94. The molecule has 26 heavy (non-hydrogen) atoms. The van der Waals surface area contributed by atoms with Gasteiger partial charge in [0.15, 0.2) is 0 Å². The second kappa shape index (κ2) is 7.02. The highest BCUT2D eigenvalue weighted by Crippen LogP contribution is 2.37. The number of rotatable bonds is 4. The number of hydrogen-bond acceptors (Lipinski definition) is 4. The van der Waals surface area contributed by atoms with E-state index in [2.05, 4.69) is 15.3 Å². The van der Waals surface area contributed by atoms with Crippen molar-refractivity contribution >= 4 is 11.7 Å². The fourth-order valence-corrected chi connectivity index (χ4v) is 3.65. The number of nitrogens with one attached hydrogen (secondary N) is 1. The molecule has 1 fully saturated rings. The zero-order valence-electron chi connectivity index (χ0n) is 15.7. The number of nitrogens with zero attached hydrogens (tertiary/aromatic N) is 3. The summed E-state index contributed by atoms with van der Waals surface area (Å²) in [7, 11) is 1.81. The number of anilines is 1. The topological polar surface area (TPSA) is 58.1 Å². The van der Waals surface area contributed by atoms with Gasteiger partial charge in [-0.1, -0.05) is 18.2 Å². The van der Waals surface area contributed by atoms with Crippen molar-refractivity contribution in [3.05, 3.63) is 53.2 Å². The maximum Gasteiger partial charge on any atom is 0.233 e. The van der Waals surface area contributed by atoms with Gasteiger partial charge in [0.25, 0.3) is 0 Å². The van der Waals surface area contributed by atoms with Crippen LogP contribution in [0.3, 0.4) is 0 Å². The number of aryl methyl sites for hydroxylation is 1. The second-order valence-corrected chi connectivity index (χ2v) is 7.24. The van der Waals surface area contributed by atoms with Crippen LogP contribution in [0.5, 0.6) is 0 Å². The van der Waals surface area contributed by atoms with Crippen LogP contribution >= 0.6 is 0 Å². The third kappa shape index (κ3) is 3.28. The van der Waals surface area contributed by atoms with Crippen molar-refractivity contribution in [3.63, 3.8) is 0 Å². The van der Waals surface area contributed by atoms with Crippen molar-refractivity contribution in [2.75, 3.05) is 18.9 Å². The van der Waals surface area contributed by atoms with E-state index in [0.29, 0.717) is 17.9 Å². The molecule has 6 heteroatoms. The summed E-state index contributed by atoms with van der Waals surface area (Å²) in [6.07, 6.45) is 1.75. The maximum atomic E-state index is 14.3. The number of carbonyl (C=O) groups excluding carboxylic acids is 1. The molecule has 138 valence electrons. The van der Waals surface area contributed by atoms with Gasteiger partial charge >= 0.3 is 0 Å². The van der Waals surface area contributed by atoms with Crippen LogP contribution < -0.4 is 5.32 Å². The van der Waals surface area contributed by atoms with Gasteiger partial charge in [0.2, 0.25) is 5.91 Å². The monoisotopic (exact) mass is 356 g/mol. The molecule has 0 saturated carbocycles. The lowest BCUT2D eigenvalue weighted by Gasteiger charge is -2.33. The minimum absolute atomic E-state index is 0.0765. The van der Waals surface area contributed by atoms with Crippen molar-refractivity contribution in [2.24, 2.45) is 0 Å². The van der Waals surface area contributed by atoms with Gasteiger partial charge < -0.3 is 10.2 Å². The molecule has 0 unspecified atom stereocenters. The smallest absolute Gasteiger partial charge is 0.233 e. The highest BCUT2D eigenvalue weighted by atomic mass is 19.1. The summed E-state index contributed by atoms with van der Waals surface area (Å²) >= 11 is 0. The third-order valence-corrected chi connectivity index (χ3v) is 5.05. The van der Waals surface area contributed by atoms with Gasteiger partial charge in [-0.15, -0.1) is 0 Å². The molecule has 2 heterocycles. The van der Waals surface area contributed by atoms with Crippen molar-refractivity contribution in [1.29, 1.82) is 0 Å². The molecule has 1 N–H and O–H groups in total. The standard InChI is InChI=1S/C20H25FN4O/c1-13-23-16(12-18(22-4)24-13)17-10-7-11-25(17)19(26)20(2,3)14-8-5-6-9-15(14)21/h5-6,8-9,12,17H,7,10-11H2,1-4H3,(H,22,23,24)/t17-/m1/s1. The fourth-order valence-electron chi connectivity index (χ4n) is 3.65. The van der Waals surface area contributed by atoms with E-state index in [9.17, 15) is 9.18 Å². The molecule has 1 aliphatic heterocycles. The average Bonchev–Trinajstić information content (AvgIpc) is 3.10. The van der Waals surface area contributed by atoms with Gasteiger partial charge in [-0.3, -0.25) is 4.79 Å². The summed E-state index contributed by atoms with van der Waals surface area (Å²) in [5.41, 5.74) is 0.310. The SMILES string of the molecule is CNc1cc([C@H]2CCCN2C(=O)C(C)(C)c2ccccc2F)nc(C)n1. The van der Waals surface area contributed by atoms with Crippen molar-refractivity contribution in [3.8, 4) is 0 Å². The molecule has 2 aromatic rings. The van der Waals surface area contributed by atoms with E-state index in [4.69, 9.17) is 0 Å². The van der Waals surface area contributed by atoms with Gasteiger partial charge in [0.1, 0.15) is 17.5 Å². The van der Waals surface area contributed by atoms with Gasteiger partial charge in [-0.05, 0) is 39.7 Å². The summed E-state index contributed by atoms with van der Waals surface area (Å²) in [6, 6.07) is 8.27. The molecule has 1 aliphatic rings. The van der Waals surface area contributed by atoms with Crippen LogP contribution in [-0.2, 0) is 10.2 Å². The Morgan fingerprint density at radius 3 is 2.73 bits per heavy atom. The van der Waals surface area contributed by atoms with E-state index < -0.39 is 5.41 Å². The Labute approximate surface area is 153 Å². The Hall–Kier alpha value is -2.50. The van der Waals surface area contributed by atoms with Crippen LogP contribution in [0.4, 0.5) is 10.2 Å². The predicted molar refractivity (Wildman–Crippen MR) is 99.4 cm³/mol. The quantitative estimate of drug-likeness (QED) is 0.909. The minimum atomic E-state index is -0.943. The largest absolute Gasteiger partial charge is 0.373 e. The molecule has 0 spiro atoms. The van der Waals surface area contributed by atoms with E-state index in [-0.39, 0.29) is 17.8 Å². The van der Waals surface area contributed by atoms with E-state index in [1.54, 1.807) is 32.0 Å². The first kappa shape index (κ1) is 18.3. The third-order valence-electron chi connectivity index (χ3n) is 5.05. The molecular weight excluding hydrogens is 331 g/mol. The number of amides is 1. The van der Waals surface area contributed by atoms with Gasteiger partial charge in [-0.2, -0.15) is 0 Å². The number of carbonyl (C=O) groups is 1. The molecule has 0 bridgehead atoms. The second-order valence-electron chi connectivity index (χ2n) is 7.24. The summed E-state index contributed by atoms with van der Waals surface area (Å²) in [4.78, 5) is 24.1. The lowest BCUT2D eigenvalue weighted by molar-refractivity contribution is -0.137. The van der Waals surface area contributed by atoms with Gasteiger partial charge in [-0.25, -0.2) is 14.4 Å². The molecule has 3 rings (SSSR count). The predicted octanol–water partition coefficient (Wildman–Crippen LogP) is 3.61. The normalized spacial score (nSPS) is 17.4. The number of benzene rings is 1. The van der Waals surface area contributed by atoms with Gasteiger partial charge in [0.05, 0.1) is 17.2 Å².